The third-order valence-electron chi connectivity index (χ3n) is 5.11. The molecule has 3 aromatic carbocycles. The van der Waals surface area contributed by atoms with Crippen LogP contribution in [0.25, 0.3) is 11.1 Å². The Hall–Kier alpha value is -4.46. The summed E-state index contributed by atoms with van der Waals surface area (Å²) in [6.45, 7) is 0. The van der Waals surface area contributed by atoms with Gasteiger partial charge in [0.25, 0.3) is 5.91 Å². The number of amides is 2. The number of aliphatic carboxylic acids is 2. The van der Waals surface area contributed by atoms with E-state index in [1.807, 2.05) is 42.5 Å². The first-order chi connectivity index (χ1) is 16.3. The third-order valence-corrected chi connectivity index (χ3v) is 5.11. The van der Waals surface area contributed by atoms with Crippen LogP contribution in [-0.2, 0) is 20.8 Å². The van der Waals surface area contributed by atoms with Crippen LogP contribution >= 0.6 is 0 Å². The highest BCUT2D eigenvalue weighted by Crippen LogP contribution is 2.22. The van der Waals surface area contributed by atoms with Gasteiger partial charge in [0.2, 0.25) is 5.91 Å². The number of carboxylic acids is 2. The maximum atomic E-state index is 12.4. The quantitative estimate of drug-likeness (QED) is 0.366. The first-order valence-electron chi connectivity index (χ1n) is 10.6. The number of carboxylic acid groups (broad SMARTS) is 2. The van der Waals surface area contributed by atoms with Gasteiger partial charge in [-0.15, -0.1) is 0 Å². The van der Waals surface area contributed by atoms with Crippen molar-refractivity contribution in [1.29, 1.82) is 0 Å². The highest BCUT2D eigenvalue weighted by molar-refractivity contribution is 5.97. The topological polar surface area (TPSA) is 133 Å². The molecule has 3 rings (SSSR count). The molecule has 0 spiro atoms. The standard InChI is InChI=1S/C26H24N2O6/c29-23(16-17-4-2-1-3-5-17)27-21-12-10-19(11-13-21)18-6-8-20(9-7-18)25(32)28-22(26(33)34)14-15-24(30)31/h1-13,22H,14-16H2,(H,27,29)(H,28,32)(H,30,31)(H,33,34)/t22-/m0/s1. The monoisotopic (exact) mass is 460 g/mol. The summed E-state index contributed by atoms with van der Waals surface area (Å²) in [4.78, 5) is 46.5. The van der Waals surface area contributed by atoms with Crippen LogP contribution in [0, 0.1) is 0 Å². The van der Waals surface area contributed by atoms with E-state index in [-0.39, 0.29) is 30.7 Å². The summed E-state index contributed by atoms with van der Waals surface area (Å²) < 4.78 is 0. The van der Waals surface area contributed by atoms with E-state index >= 15 is 0 Å². The number of carbonyl (C=O) groups excluding carboxylic acids is 2. The van der Waals surface area contributed by atoms with Crippen LogP contribution in [0.2, 0.25) is 0 Å². The Labute approximate surface area is 196 Å². The molecule has 8 heteroatoms. The minimum Gasteiger partial charge on any atom is -0.481 e. The normalized spacial score (nSPS) is 11.3. The Kier molecular flexibility index (Phi) is 8.12. The summed E-state index contributed by atoms with van der Waals surface area (Å²) in [7, 11) is 0. The van der Waals surface area contributed by atoms with Gasteiger partial charge < -0.3 is 20.8 Å². The van der Waals surface area contributed by atoms with Gasteiger partial charge in [0.1, 0.15) is 6.04 Å². The molecule has 0 aliphatic carbocycles. The zero-order chi connectivity index (χ0) is 24.5. The van der Waals surface area contributed by atoms with E-state index in [0.717, 1.165) is 16.7 Å². The largest absolute Gasteiger partial charge is 0.481 e. The Morgan fingerprint density at radius 1 is 0.765 bits per heavy atom. The Balaban J connectivity index is 1.59. The molecule has 174 valence electrons. The van der Waals surface area contributed by atoms with Gasteiger partial charge in [-0.2, -0.15) is 0 Å². The molecule has 0 aliphatic heterocycles. The molecule has 0 saturated carbocycles. The number of carbonyl (C=O) groups is 4. The maximum Gasteiger partial charge on any atom is 0.326 e. The second-order valence-corrected chi connectivity index (χ2v) is 7.66. The predicted octanol–water partition coefficient (Wildman–Crippen LogP) is 3.58. The van der Waals surface area contributed by atoms with Crippen LogP contribution in [0.15, 0.2) is 78.9 Å². The van der Waals surface area contributed by atoms with Gasteiger partial charge in [0.05, 0.1) is 6.42 Å². The summed E-state index contributed by atoms with van der Waals surface area (Å²) in [5.41, 5.74) is 3.56. The third kappa shape index (κ3) is 7.03. The van der Waals surface area contributed by atoms with Gasteiger partial charge in [-0.3, -0.25) is 14.4 Å². The average molecular weight is 460 g/mol. The zero-order valence-electron chi connectivity index (χ0n) is 18.2. The number of hydrogen-bond donors (Lipinski definition) is 4. The molecule has 0 unspecified atom stereocenters. The molecule has 0 heterocycles. The second kappa shape index (κ2) is 11.4. The number of rotatable bonds is 10. The van der Waals surface area contributed by atoms with Crippen molar-refractivity contribution in [2.45, 2.75) is 25.3 Å². The van der Waals surface area contributed by atoms with Crippen molar-refractivity contribution >= 4 is 29.4 Å². The van der Waals surface area contributed by atoms with Crippen molar-refractivity contribution in [2.75, 3.05) is 5.32 Å². The van der Waals surface area contributed by atoms with Crippen LogP contribution in [-0.4, -0.2) is 40.0 Å². The van der Waals surface area contributed by atoms with Crippen molar-refractivity contribution < 1.29 is 29.4 Å². The molecule has 3 aromatic rings. The Morgan fingerprint density at radius 3 is 1.91 bits per heavy atom. The van der Waals surface area contributed by atoms with Gasteiger partial charge in [0, 0.05) is 17.7 Å². The number of anilines is 1. The molecule has 4 N–H and O–H groups in total. The summed E-state index contributed by atoms with van der Waals surface area (Å²) >= 11 is 0. The van der Waals surface area contributed by atoms with Crippen molar-refractivity contribution in [1.82, 2.24) is 5.32 Å². The molecule has 1 atom stereocenters. The van der Waals surface area contributed by atoms with E-state index in [1.165, 1.54) is 0 Å². The molecule has 0 radical (unpaired) electrons. The van der Waals surface area contributed by atoms with E-state index in [1.54, 1.807) is 36.4 Å². The van der Waals surface area contributed by atoms with Gasteiger partial charge in [-0.25, -0.2) is 4.79 Å². The first-order valence-corrected chi connectivity index (χ1v) is 10.6. The first kappa shape index (κ1) is 24.2. The van der Waals surface area contributed by atoms with Gasteiger partial charge in [-0.05, 0) is 47.4 Å². The van der Waals surface area contributed by atoms with Crippen LogP contribution < -0.4 is 10.6 Å². The lowest BCUT2D eigenvalue weighted by molar-refractivity contribution is -0.140. The smallest absolute Gasteiger partial charge is 0.326 e. The van der Waals surface area contributed by atoms with Crippen molar-refractivity contribution in [3.05, 3.63) is 90.0 Å². The van der Waals surface area contributed by atoms with E-state index in [2.05, 4.69) is 10.6 Å². The molecule has 0 fully saturated rings. The van der Waals surface area contributed by atoms with Crippen molar-refractivity contribution in [3.8, 4) is 11.1 Å². The fourth-order valence-electron chi connectivity index (χ4n) is 3.31. The van der Waals surface area contributed by atoms with E-state index in [9.17, 15) is 24.3 Å². The SMILES string of the molecule is O=C(O)CC[C@H](NC(=O)c1ccc(-c2ccc(NC(=O)Cc3ccccc3)cc2)cc1)C(=O)O. The molecule has 0 bridgehead atoms. The summed E-state index contributed by atoms with van der Waals surface area (Å²) in [6.07, 6.45) is -0.285. The molecule has 8 nitrogen and oxygen atoms in total. The molecular weight excluding hydrogens is 436 g/mol. The highest BCUT2D eigenvalue weighted by Gasteiger charge is 2.21. The van der Waals surface area contributed by atoms with Crippen LogP contribution in [0.5, 0.6) is 0 Å². The van der Waals surface area contributed by atoms with Crippen LogP contribution in [0.1, 0.15) is 28.8 Å². The maximum absolute atomic E-state index is 12.4. The molecule has 2 amide bonds. The second-order valence-electron chi connectivity index (χ2n) is 7.66. The zero-order valence-corrected chi connectivity index (χ0v) is 18.2. The van der Waals surface area contributed by atoms with Crippen LogP contribution in [0.4, 0.5) is 5.69 Å². The minimum atomic E-state index is -1.29. The lowest BCUT2D eigenvalue weighted by atomic mass is 10.0. The van der Waals surface area contributed by atoms with E-state index in [4.69, 9.17) is 5.11 Å². The van der Waals surface area contributed by atoms with Crippen molar-refractivity contribution in [3.63, 3.8) is 0 Å². The average Bonchev–Trinajstić information content (AvgIpc) is 2.82. The fraction of sp³-hybridized carbons (Fsp3) is 0.154. The summed E-state index contributed by atoms with van der Waals surface area (Å²) in [6, 6.07) is 22.0. The lowest BCUT2D eigenvalue weighted by Gasteiger charge is -2.14. The summed E-state index contributed by atoms with van der Waals surface area (Å²) in [5, 5.41) is 23.1. The number of hydrogen-bond acceptors (Lipinski definition) is 4. The van der Waals surface area contributed by atoms with Gasteiger partial charge in [0.15, 0.2) is 0 Å². The fourth-order valence-corrected chi connectivity index (χ4v) is 3.31. The minimum absolute atomic E-state index is 0.114. The Morgan fingerprint density at radius 2 is 1.35 bits per heavy atom. The number of nitrogens with one attached hydrogen (secondary N) is 2. The summed E-state index contributed by atoms with van der Waals surface area (Å²) in [5.74, 6) is -3.13. The predicted molar refractivity (Wildman–Crippen MR) is 126 cm³/mol. The van der Waals surface area contributed by atoms with Crippen molar-refractivity contribution in [2.24, 2.45) is 0 Å². The molecule has 34 heavy (non-hydrogen) atoms. The molecule has 0 saturated heterocycles. The number of benzene rings is 3. The van der Waals surface area contributed by atoms with E-state index < -0.39 is 23.9 Å². The van der Waals surface area contributed by atoms with Gasteiger partial charge in [-0.1, -0.05) is 54.6 Å². The molecule has 0 aliphatic rings. The lowest BCUT2D eigenvalue weighted by Crippen LogP contribution is -2.41. The van der Waals surface area contributed by atoms with Crippen LogP contribution in [0.3, 0.4) is 0 Å². The highest BCUT2D eigenvalue weighted by atomic mass is 16.4. The molecular formula is C26H24N2O6. The molecule has 0 aromatic heterocycles. The van der Waals surface area contributed by atoms with Gasteiger partial charge >= 0.3 is 11.9 Å². The Bertz CT molecular complexity index is 1160. The van der Waals surface area contributed by atoms with E-state index in [0.29, 0.717) is 5.69 Å².